The van der Waals surface area contributed by atoms with E-state index >= 15 is 0 Å². The zero-order valence-electron chi connectivity index (χ0n) is 14.5. The first-order valence-electron chi connectivity index (χ1n) is 8.88. The van der Waals surface area contributed by atoms with Crippen molar-refractivity contribution in [2.45, 2.75) is 38.3 Å². The number of carbonyl (C=O) groups is 1. The number of nitrogens with one attached hydrogen (secondary N) is 1. The smallest absolute Gasteiger partial charge is 0.323 e. The van der Waals surface area contributed by atoms with Gasteiger partial charge in [-0.15, -0.1) is 0 Å². The van der Waals surface area contributed by atoms with E-state index in [2.05, 4.69) is 5.32 Å². The number of aromatic nitrogens is 1. The van der Waals surface area contributed by atoms with Crippen LogP contribution in [-0.2, 0) is 11.3 Å². The number of hydrogen-bond acceptors (Lipinski definition) is 3. The number of fused-ring (bicyclic) bond motifs is 2. The Bertz CT molecular complexity index is 1120. The highest BCUT2D eigenvalue weighted by atomic mass is 35.5. The third-order valence-corrected chi connectivity index (χ3v) is 5.93. The maximum absolute atomic E-state index is 13.0. The van der Waals surface area contributed by atoms with E-state index in [1.165, 1.54) is 12.8 Å². The number of pyridine rings is 1. The van der Waals surface area contributed by atoms with Gasteiger partial charge in [0.2, 0.25) is 0 Å². The first-order chi connectivity index (χ1) is 13.0. The van der Waals surface area contributed by atoms with Crippen molar-refractivity contribution < 1.29 is 9.90 Å². The minimum absolute atomic E-state index is 0.184. The highest BCUT2D eigenvalue weighted by Crippen LogP contribution is 2.32. The van der Waals surface area contributed by atoms with Crippen LogP contribution in [0.3, 0.4) is 0 Å². The minimum atomic E-state index is -1.02. The summed E-state index contributed by atoms with van der Waals surface area (Å²) < 4.78 is 1.56. The van der Waals surface area contributed by atoms with E-state index in [4.69, 9.17) is 23.2 Å². The first kappa shape index (κ1) is 18.1. The molecule has 2 N–H and O–H groups in total. The zero-order chi connectivity index (χ0) is 19.1. The van der Waals surface area contributed by atoms with Crippen LogP contribution in [0, 0.1) is 0 Å². The second kappa shape index (κ2) is 7.06. The van der Waals surface area contributed by atoms with Gasteiger partial charge in [0, 0.05) is 22.5 Å². The van der Waals surface area contributed by atoms with Crippen LogP contribution in [0.5, 0.6) is 0 Å². The molecule has 0 radical (unpaired) electrons. The average molecular weight is 405 g/mol. The van der Waals surface area contributed by atoms with Crippen molar-refractivity contribution >= 4 is 56.7 Å². The van der Waals surface area contributed by atoms with Crippen molar-refractivity contribution in [2.24, 2.45) is 0 Å². The Balaban J connectivity index is 2.00. The Labute approximate surface area is 165 Å². The van der Waals surface area contributed by atoms with Gasteiger partial charge in [-0.1, -0.05) is 36.0 Å². The summed E-state index contributed by atoms with van der Waals surface area (Å²) in [6.45, 7) is -0.319. The van der Waals surface area contributed by atoms with Gasteiger partial charge in [-0.25, -0.2) is 0 Å². The van der Waals surface area contributed by atoms with Gasteiger partial charge in [0.1, 0.15) is 6.54 Å². The fourth-order valence-electron chi connectivity index (χ4n) is 3.89. The van der Waals surface area contributed by atoms with Crippen LogP contribution >= 0.6 is 23.2 Å². The summed E-state index contributed by atoms with van der Waals surface area (Å²) in [5.74, 6) is -1.02. The van der Waals surface area contributed by atoms with Crippen LogP contribution in [0.25, 0.3) is 21.8 Å². The van der Waals surface area contributed by atoms with Crippen LogP contribution in [0.2, 0.25) is 10.0 Å². The molecule has 1 heterocycles. The van der Waals surface area contributed by atoms with Gasteiger partial charge in [0.05, 0.1) is 21.1 Å². The summed E-state index contributed by atoms with van der Waals surface area (Å²) in [5, 5.41) is 14.2. The van der Waals surface area contributed by atoms with E-state index in [1.807, 2.05) is 12.1 Å². The molecule has 2 aromatic carbocycles. The Morgan fingerprint density at radius 3 is 2.56 bits per heavy atom. The molecule has 0 unspecified atom stereocenters. The van der Waals surface area contributed by atoms with Gasteiger partial charge >= 0.3 is 5.97 Å². The van der Waals surface area contributed by atoms with Crippen molar-refractivity contribution in [3.8, 4) is 0 Å². The molecular weight excluding hydrogens is 387 g/mol. The SMILES string of the molecule is O=C(O)Cn1c2cc(NC3CCCC3)ccc2c(=O)c2ccc(Cl)c(Cl)c21. The molecule has 5 nitrogen and oxygen atoms in total. The van der Waals surface area contributed by atoms with Crippen molar-refractivity contribution in [1.29, 1.82) is 0 Å². The number of carboxylic acids is 1. The van der Waals surface area contributed by atoms with Crippen LogP contribution in [0.15, 0.2) is 35.1 Å². The molecule has 0 spiro atoms. The Kier molecular flexibility index (Phi) is 4.74. The highest BCUT2D eigenvalue weighted by Gasteiger charge is 2.19. The van der Waals surface area contributed by atoms with E-state index in [9.17, 15) is 14.7 Å². The van der Waals surface area contributed by atoms with Crippen molar-refractivity contribution in [1.82, 2.24) is 4.57 Å². The first-order valence-corrected chi connectivity index (χ1v) is 9.64. The number of anilines is 1. The molecule has 4 rings (SSSR count). The zero-order valence-corrected chi connectivity index (χ0v) is 16.0. The summed E-state index contributed by atoms with van der Waals surface area (Å²) in [5.41, 5.74) is 1.56. The van der Waals surface area contributed by atoms with Gasteiger partial charge in [-0.05, 0) is 43.2 Å². The number of rotatable bonds is 4. The number of halogens is 2. The summed E-state index contributed by atoms with van der Waals surface area (Å²) in [6, 6.07) is 9.00. The predicted molar refractivity (Wildman–Crippen MR) is 109 cm³/mol. The predicted octanol–water partition coefficient (Wildman–Crippen LogP) is 4.90. The quantitative estimate of drug-likeness (QED) is 0.606. The summed E-state index contributed by atoms with van der Waals surface area (Å²) in [6.07, 6.45) is 4.62. The monoisotopic (exact) mass is 404 g/mol. The van der Waals surface area contributed by atoms with E-state index in [-0.39, 0.29) is 22.0 Å². The maximum atomic E-state index is 13.0. The second-order valence-electron chi connectivity index (χ2n) is 6.92. The Hall–Kier alpha value is -2.24. The molecule has 1 fully saturated rings. The summed E-state index contributed by atoms with van der Waals surface area (Å²) in [4.78, 5) is 24.5. The molecule has 1 saturated carbocycles. The molecule has 0 aliphatic heterocycles. The van der Waals surface area contributed by atoms with Crippen molar-refractivity contribution in [3.63, 3.8) is 0 Å². The van der Waals surface area contributed by atoms with Crippen LogP contribution in [-0.4, -0.2) is 21.7 Å². The number of aliphatic carboxylic acids is 1. The minimum Gasteiger partial charge on any atom is -0.480 e. The van der Waals surface area contributed by atoms with E-state index in [0.29, 0.717) is 27.8 Å². The topological polar surface area (TPSA) is 71.3 Å². The molecule has 0 bridgehead atoms. The molecule has 1 aliphatic rings. The molecule has 0 atom stereocenters. The summed E-state index contributed by atoms with van der Waals surface area (Å²) in [7, 11) is 0. The van der Waals surface area contributed by atoms with Crippen LogP contribution in [0.1, 0.15) is 25.7 Å². The fraction of sp³-hybridized carbons (Fsp3) is 0.300. The molecule has 1 aliphatic carbocycles. The van der Waals surface area contributed by atoms with Gasteiger partial charge in [0.25, 0.3) is 0 Å². The van der Waals surface area contributed by atoms with Gasteiger partial charge in [0.15, 0.2) is 5.43 Å². The second-order valence-corrected chi connectivity index (χ2v) is 7.71. The molecule has 27 heavy (non-hydrogen) atoms. The normalized spacial score (nSPS) is 14.9. The lowest BCUT2D eigenvalue weighted by molar-refractivity contribution is -0.137. The molecule has 1 aromatic heterocycles. The number of nitrogens with zero attached hydrogens (tertiary/aromatic N) is 1. The Morgan fingerprint density at radius 2 is 1.85 bits per heavy atom. The molecule has 3 aromatic rings. The third kappa shape index (κ3) is 3.26. The van der Waals surface area contributed by atoms with Crippen LogP contribution < -0.4 is 10.7 Å². The molecular formula is C20H18Cl2N2O3. The molecule has 0 saturated heterocycles. The van der Waals surface area contributed by atoms with Gasteiger partial charge in [-0.2, -0.15) is 0 Å². The molecule has 0 amide bonds. The lowest BCUT2D eigenvalue weighted by Gasteiger charge is -2.18. The standard InChI is InChI=1S/C20H18Cl2N2O3/c21-15-8-7-14-19(18(15)22)24(10-17(25)26)16-9-12(5-6-13(16)20(14)27)23-11-3-1-2-4-11/h5-9,11,23H,1-4,10H2,(H,25,26). The highest BCUT2D eigenvalue weighted by molar-refractivity contribution is 6.45. The van der Waals surface area contributed by atoms with Gasteiger partial charge < -0.3 is 15.0 Å². The largest absolute Gasteiger partial charge is 0.480 e. The lowest BCUT2D eigenvalue weighted by atomic mass is 10.1. The fourth-order valence-corrected chi connectivity index (χ4v) is 4.31. The van der Waals surface area contributed by atoms with Gasteiger partial charge in [-0.3, -0.25) is 9.59 Å². The maximum Gasteiger partial charge on any atom is 0.323 e. The van der Waals surface area contributed by atoms with Crippen molar-refractivity contribution in [2.75, 3.05) is 5.32 Å². The average Bonchev–Trinajstić information content (AvgIpc) is 3.14. The van der Waals surface area contributed by atoms with Crippen molar-refractivity contribution in [3.05, 3.63) is 50.6 Å². The third-order valence-electron chi connectivity index (χ3n) is 5.14. The lowest BCUT2D eigenvalue weighted by Crippen LogP contribution is -2.18. The Morgan fingerprint density at radius 1 is 1.15 bits per heavy atom. The number of hydrogen-bond donors (Lipinski definition) is 2. The number of carboxylic acid groups (broad SMARTS) is 1. The summed E-state index contributed by atoms with van der Waals surface area (Å²) >= 11 is 12.5. The van der Waals surface area contributed by atoms with E-state index in [1.54, 1.807) is 22.8 Å². The van der Waals surface area contributed by atoms with Crippen LogP contribution in [0.4, 0.5) is 5.69 Å². The number of benzene rings is 2. The molecule has 7 heteroatoms. The van der Waals surface area contributed by atoms with E-state index in [0.717, 1.165) is 18.5 Å². The molecule has 140 valence electrons. The van der Waals surface area contributed by atoms with E-state index < -0.39 is 5.97 Å².